The van der Waals surface area contributed by atoms with Gasteiger partial charge in [-0.05, 0) is 12.8 Å². The zero-order valence-electron chi connectivity index (χ0n) is 31.7. The van der Waals surface area contributed by atoms with Crippen molar-refractivity contribution in [2.24, 2.45) is 5.73 Å². The second-order valence-electron chi connectivity index (χ2n) is 13.9. The van der Waals surface area contributed by atoms with Gasteiger partial charge in [-0.3, -0.25) is 13.8 Å². The minimum atomic E-state index is -4.26. The van der Waals surface area contributed by atoms with Crippen molar-refractivity contribution < 1.29 is 32.8 Å². The van der Waals surface area contributed by atoms with Crippen molar-refractivity contribution in [1.82, 2.24) is 0 Å². The number of carbonyl (C=O) groups is 1. The number of nitrogens with two attached hydrogens (primary N) is 1. The van der Waals surface area contributed by atoms with Crippen molar-refractivity contribution >= 4 is 13.8 Å². The first kappa shape index (κ1) is 47.5. The Kier molecular flexibility index (Phi) is 37.4. The Morgan fingerprint density at radius 2 is 0.917 bits per heavy atom. The predicted molar refractivity (Wildman–Crippen MR) is 201 cm³/mol. The van der Waals surface area contributed by atoms with Gasteiger partial charge in [0.15, 0.2) is 0 Å². The number of unbranched alkanes of at least 4 members (excludes halogenated alkanes) is 27. The molecular weight excluding hydrogens is 625 g/mol. The van der Waals surface area contributed by atoms with Crippen LogP contribution in [0.15, 0.2) is 0 Å². The van der Waals surface area contributed by atoms with Gasteiger partial charge >= 0.3 is 13.8 Å². The van der Waals surface area contributed by atoms with E-state index in [2.05, 4.69) is 13.8 Å². The summed E-state index contributed by atoms with van der Waals surface area (Å²) in [6.07, 6.45) is 36.9. The molecule has 0 radical (unpaired) electrons. The van der Waals surface area contributed by atoms with E-state index in [9.17, 15) is 14.3 Å². The van der Waals surface area contributed by atoms with Crippen molar-refractivity contribution in [1.29, 1.82) is 0 Å². The van der Waals surface area contributed by atoms with Crippen molar-refractivity contribution in [3.8, 4) is 0 Å². The van der Waals surface area contributed by atoms with E-state index in [4.69, 9.17) is 24.3 Å². The van der Waals surface area contributed by atoms with Crippen LogP contribution in [0.5, 0.6) is 0 Å². The first-order chi connectivity index (χ1) is 23.4. The van der Waals surface area contributed by atoms with Crippen LogP contribution in [-0.4, -0.2) is 49.9 Å². The molecule has 0 heterocycles. The Morgan fingerprint density at radius 3 is 1.31 bits per heavy atom. The summed E-state index contributed by atoms with van der Waals surface area (Å²) in [7, 11) is -4.26. The van der Waals surface area contributed by atoms with Crippen LogP contribution in [0, 0.1) is 0 Å². The van der Waals surface area contributed by atoms with Gasteiger partial charge in [0.1, 0.15) is 6.10 Å². The number of rotatable bonds is 40. The maximum Gasteiger partial charge on any atom is 0.472 e. The molecule has 1 unspecified atom stereocenters. The molecule has 2 atom stereocenters. The molecule has 0 aliphatic carbocycles. The molecule has 0 bridgehead atoms. The molecule has 0 aliphatic rings. The summed E-state index contributed by atoms with van der Waals surface area (Å²) in [5, 5.41) is 0. The minimum Gasteiger partial charge on any atom is -0.457 e. The molecule has 0 amide bonds. The highest BCUT2D eigenvalue weighted by Crippen LogP contribution is 2.43. The largest absolute Gasteiger partial charge is 0.472 e. The van der Waals surface area contributed by atoms with Crippen LogP contribution in [0.4, 0.5) is 0 Å². The quantitative estimate of drug-likeness (QED) is 0.0367. The third-order valence-corrected chi connectivity index (χ3v) is 10.0. The van der Waals surface area contributed by atoms with Crippen LogP contribution in [0.2, 0.25) is 0 Å². The van der Waals surface area contributed by atoms with Crippen LogP contribution >= 0.6 is 7.82 Å². The smallest absolute Gasteiger partial charge is 0.457 e. The number of phosphoric acid groups is 1. The predicted octanol–water partition coefficient (Wildman–Crippen LogP) is 11.7. The SMILES string of the molecule is CCCCCCCCCCCCCCCCCCCCOC[C@H](COP(=O)(O)OCCN)OC(=O)CCCCCCCCCCCCC. The average molecular weight is 706 g/mol. The summed E-state index contributed by atoms with van der Waals surface area (Å²) in [5.41, 5.74) is 5.36. The summed E-state index contributed by atoms with van der Waals surface area (Å²) in [5.74, 6) is -0.327. The number of phosphoric ester groups is 1. The molecule has 288 valence electrons. The highest BCUT2D eigenvalue weighted by molar-refractivity contribution is 7.47. The second-order valence-corrected chi connectivity index (χ2v) is 15.3. The van der Waals surface area contributed by atoms with E-state index in [1.165, 1.54) is 154 Å². The number of hydrogen-bond acceptors (Lipinski definition) is 7. The summed E-state index contributed by atoms with van der Waals surface area (Å²) in [4.78, 5) is 22.4. The molecule has 0 aromatic heterocycles. The van der Waals surface area contributed by atoms with E-state index in [0.29, 0.717) is 13.0 Å². The molecule has 9 heteroatoms. The second kappa shape index (κ2) is 37.7. The Bertz CT molecular complexity index is 712. The van der Waals surface area contributed by atoms with Crippen molar-refractivity contribution in [3.05, 3.63) is 0 Å². The van der Waals surface area contributed by atoms with E-state index in [0.717, 1.165) is 32.1 Å². The number of ether oxygens (including phenoxy) is 2. The maximum atomic E-state index is 12.5. The van der Waals surface area contributed by atoms with E-state index in [-0.39, 0.29) is 32.3 Å². The average Bonchev–Trinajstić information content (AvgIpc) is 3.07. The van der Waals surface area contributed by atoms with Crippen molar-refractivity contribution in [2.45, 2.75) is 213 Å². The lowest BCUT2D eigenvalue weighted by atomic mass is 10.0. The van der Waals surface area contributed by atoms with Gasteiger partial charge in [0, 0.05) is 19.6 Å². The summed E-state index contributed by atoms with van der Waals surface area (Å²) in [6.45, 7) is 4.96. The fraction of sp³-hybridized carbons (Fsp3) is 0.974. The lowest BCUT2D eigenvalue weighted by Gasteiger charge is -2.20. The molecule has 48 heavy (non-hydrogen) atoms. The van der Waals surface area contributed by atoms with E-state index < -0.39 is 13.9 Å². The van der Waals surface area contributed by atoms with E-state index in [1.807, 2.05) is 0 Å². The lowest BCUT2D eigenvalue weighted by Crippen LogP contribution is -2.28. The van der Waals surface area contributed by atoms with Crippen LogP contribution in [0.3, 0.4) is 0 Å². The number of esters is 1. The molecule has 0 fully saturated rings. The summed E-state index contributed by atoms with van der Waals surface area (Å²) in [6, 6.07) is 0. The zero-order chi connectivity index (χ0) is 35.2. The first-order valence-corrected chi connectivity index (χ1v) is 22.0. The van der Waals surface area contributed by atoms with Gasteiger partial charge in [-0.2, -0.15) is 0 Å². The van der Waals surface area contributed by atoms with Gasteiger partial charge in [-0.25, -0.2) is 4.57 Å². The Labute approximate surface area is 297 Å². The molecule has 8 nitrogen and oxygen atoms in total. The van der Waals surface area contributed by atoms with Crippen LogP contribution in [-0.2, 0) is 27.9 Å². The van der Waals surface area contributed by atoms with Gasteiger partial charge in [0.2, 0.25) is 0 Å². The van der Waals surface area contributed by atoms with Crippen LogP contribution in [0.1, 0.15) is 206 Å². The third kappa shape index (κ3) is 36.8. The standard InChI is InChI=1S/C39H80NO7P/c1-3-5-7-9-11-13-15-16-17-18-19-20-21-23-25-27-29-31-34-44-36-38(37-46-48(42,43)45-35-33-40)47-39(41)32-30-28-26-24-22-14-12-10-8-6-4-2/h38H,3-37,40H2,1-2H3,(H,42,43)/t38-/m1/s1. The fourth-order valence-corrected chi connectivity index (χ4v) is 6.76. The van der Waals surface area contributed by atoms with E-state index >= 15 is 0 Å². The molecule has 0 saturated carbocycles. The minimum absolute atomic E-state index is 0.0903. The highest BCUT2D eigenvalue weighted by atomic mass is 31.2. The zero-order valence-corrected chi connectivity index (χ0v) is 32.6. The van der Waals surface area contributed by atoms with Gasteiger partial charge in [-0.1, -0.05) is 187 Å². The number of hydrogen-bond donors (Lipinski definition) is 2. The monoisotopic (exact) mass is 706 g/mol. The molecular formula is C39H80NO7P. The fourth-order valence-electron chi connectivity index (χ4n) is 6.00. The van der Waals surface area contributed by atoms with Crippen molar-refractivity contribution in [3.63, 3.8) is 0 Å². The molecule has 0 aliphatic heterocycles. The molecule has 0 spiro atoms. The van der Waals surface area contributed by atoms with E-state index in [1.54, 1.807) is 0 Å². The van der Waals surface area contributed by atoms with Crippen LogP contribution in [0.25, 0.3) is 0 Å². The molecule has 0 aromatic rings. The Balaban J connectivity index is 3.96. The van der Waals surface area contributed by atoms with Crippen LogP contribution < -0.4 is 5.73 Å². The molecule has 0 saturated heterocycles. The normalized spacial score (nSPS) is 13.5. The highest BCUT2D eigenvalue weighted by Gasteiger charge is 2.25. The Hall–Kier alpha value is -0.500. The lowest BCUT2D eigenvalue weighted by molar-refractivity contribution is -0.154. The maximum absolute atomic E-state index is 12.5. The topological polar surface area (TPSA) is 117 Å². The Morgan fingerprint density at radius 1 is 0.542 bits per heavy atom. The van der Waals surface area contributed by atoms with Gasteiger partial charge < -0.3 is 20.1 Å². The van der Waals surface area contributed by atoms with Crippen molar-refractivity contribution in [2.75, 3.05) is 33.0 Å². The summed E-state index contributed by atoms with van der Waals surface area (Å²) < 4.78 is 33.3. The summed E-state index contributed by atoms with van der Waals surface area (Å²) >= 11 is 0. The number of carbonyl (C=O) groups excluding carboxylic acids is 1. The third-order valence-electron chi connectivity index (χ3n) is 9.02. The van der Waals surface area contributed by atoms with Gasteiger partial charge in [0.05, 0.1) is 19.8 Å². The molecule has 0 rings (SSSR count). The van der Waals surface area contributed by atoms with Gasteiger partial charge in [-0.15, -0.1) is 0 Å². The first-order valence-electron chi connectivity index (χ1n) is 20.5. The molecule has 3 N–H and O–H groups in total. The molecule has 0 aromatic carbocycles. The van der Waals surface area contributed by atoms with Gasteiger partial charge in [0.25, 0.3) is 0 Å².